The average molecular weight is 608 g/mol. The number of sulfonamides is 1. The Balaban J connectivity index is 2.58. The Morgan fingerprint density at radius 3 is 2.17 bits per heavy atom. The summed E-state index contributed by atoms with van der Waals surface area (Å²) in [5.74, 6) is -1.40. The Morgan fingerprint density at radius 1 is 1.10 bits per heavy atom. The summed E-state index contributed by atoms with van der Waals surface area (Å²) in [7, 11) is -3.32. The number of methoxy groups -OCH3 is 1. The van der Waals surface area contributed by atoms with Gasteiger partial charge in [0.15, 0.2) is 14.1 Å². The smallest absolute Gasteiger partial charge is 0.308 e. The number of allylic oxidation sites excluding steroid dienone is 1. The van der Waals surface area contributed by atoms with Crippen molar-refractivity contribution in [3.63, 3.8) is 0 Å². The largest absolute Gasteiger partial charge is 0.469 e. The van der Waals surface area contributed by atoms with Crippen LogP contribution in [0.25, 0.3) is 17.3 Å². The number of hydrogen-bond donors (Lipinski definition) is 0. The summed E-state index contributed by atoms with van der Waals surface area (Å²) < 4.78 is 50.5. The summed E-state index contributed by atoms with van der Waals surface area (Å²) >= 11 is 0. The summed E-state index contributed by atoms with van der Waals surface area (Å²) in [6.45, 7) is 14.1. The highest BCUT2D eigenvalue weighted by Crippen LogP contribution is 2.38. The van der Waals surface area contributed by atoms with Crippen LogP contribution in [0.3, 0.4) is 0 Å². The summed E-state index contributed by atoms with van der Waals surface area (Å²) in [5, 5.41) is -0.130. The third-order valence-electron chi connectivity index (χ3n) is 7.16. The fourth-order valence-electron chi connectivity index (χ4n) is 3.68. The lowest BCUT2D eigenvalue weighted by atomic mass is 9.97. The molecule has 0 aliphatic heterocycles. The number of benzene rings is 1. The van der Waals surface area contributed by atoms with E-state index in [0.717, 1.165) is 10.6 Å². The maximum Gasteiger partial charge on any atom is 0.308 e. The number of ketones is 1. The Morgan fingerprint density at radius 2 is 1.68 bits per heavy atom. The normalized spacial score (nSPS) is 13.5. The van der Waals surface area contributed by atoms with Gasteiger partial charge in [-0.1, -0.05) is 34.6 Å². The minimum Gasteiger partial charge on any atom is -0.469 e. The minimum absolute atomic E-state index is 0.0417. The SMILES string of the molecule is COC(=O)CC(CC(=O)C=Cc1c(-c2ccc(F)cc2)nc(N(C)S(C)(=O)=O)nc1C(C)C)O[Si](C)(C)C(C)(C)C. The van der Waals surface area contributed by atoms with Crippen molar-refractivity contribution in [1.29, 1.82) is 0 Å². The highest BCUT2D eigenvalue weighted by molar-refractivity contribution is 7.92. The van der Waals surface area contributed by atoms with Gasteiger partial charge >= 0.3 is 5.97 Å². The van der Waals surface area contributed by atoms with Crippen LogP contribution in [0.1, 0.15) is 64.6 Å². The van der Waals surface area contributed by atoms with Gasteiger partial charge in [-0.05, 0) is 60.5 Å². The molecule has 12 heteroatoms. The number of carbonyl (C=O) groups excluding carboxylic acids is 2. The Kier molecular flexibility index (Phi) is 11.1. The number of aromatic nitrogens is 2. The lowest BCUT2D eigenvalue weighted by Crippen LogP contribution is -2.44. The number of esters is 1. The number of halogens is 1. The summed E-state index contributed by atoms with van der Waals surface area (Å²) in [4.78, 5) is 34.4. The topological polar surface area (TPSA) is 116 Å². The average Bonchev–Trinajstić information content (AvgIpc) is 2.85. The van der Waals surface area contributed by atoms with Crippen molar-refractivity contribution in [2.75, 3.05) is 24.7 Å². The van der Waals surface area contributed by atoms with Gasteiger partial charge in [0.2, 0.25) is 16.0 Å². The van der Waals surface area contributed by atoms with Gasteiger partial charge in [0.1, 0.15) is 5.82 Å². The van der Waals surface area contributed by atoms with Gasteiger partial charge in [0.05, 0.1) is 37.3 Å². The lowest BCUT2D eigenvalue weighted by Gasteiger charge is -2.39. The fraction of sp³-hybridized carbons (Fsp3) is 0.517. The first-order valence-corrected chi connectivity index (χ1v) is 18.1. The van der Waals surface area contributed by atoms with E-state index < -0.39 is 36.2 Å². The van der Waals surface area contributed by atoms with E-state index in [4.69, 9.17) is 9.16 Å². The zero-order valence-corrected chi connectivity index (χ0v) is 27.4. The van der Waals surface area contributed by atoms with E-state index >= 15 is 0 Å². The summed E-state index contributed by atoms with van der Waals surface area (Å²) in [5.41, 5.74) is 1.88. The van der Waals surface area contributed by atoms with Crippen LogP contribution in [-0.2, 0) is 28.8 Å². The first-order chi connectivity index (χ1) is 18.8. The third-order valence-corrected chi connectivity index (χ3v) is 12.9. The predicted octanol–water partition coefficient (Wildman–Crippen LogP) is 5.73. The number of carbonyl (C=O) groups is 2. The zero-order valence-electron chi connectivity index (χ0n) is 25.6. The van der Waals surface area contributed by atoms with Gasteiger partial charge in [-0.15, -0.1) is 0 Å². The summed E-state index contributed by atoms with van der Waals surface area (Å²) in [6.07, 6.45) is 3.25. The van der Waals surface area contributed by atoms with Crippen LogP contribution in [0, 0.1) is 5.82 Å². The van der Waals surface area contributed by atoms with E-state index in [9.17, 15) is 22.4 Å². The highest BCUT2D eigenvalue weighted by atomic mass is 32.2. The molecule has 0 N–H and O–H groups in total. The van der Waals surface area contributed by atoms with Crippen LogP contribution >= 0.6 is 0 Å². The van der Waals surface area contributed by atoms with Crippen LogP contribution in [0.15, 0.2) is 30.3 Å². The second-order valence-corrected chi connectivity index (χ2v) is 18.6. The van der Waals surface area contributed by atoms with E-state index in [2.05, 4.69) is 30.7 Å². The number of anilines is 1. The molecule has 0 fully saturated rings. The maximum absolute atomic E-state index is 13.7. The van der Waals surface area contributed by atoms with Crippen molar-refractivity contribution in [2.45, 2.75) is 77.6 Å². The highest BCUT2D eigenvalue weighted by Gasteiger charge is 2.40. The first-order valence-electron chi connectivity index (χ1n) is 13.3. The monoisotopic (exact) mass is 607 g/mol. The van der Waals surface area contributed by atoms with E-state index in [-0.39, 0.29) is 35.5 Å². The van der Waals surface area contributed by atoms with Crippen LogP contribution in [0.5, 0.6) is 0 Å². The standard InChI is InChI=1S/C29H42FN3O6SSi/c1-19(2)26-24(16-15-22(34)17-23(18-25(35)38-7)39-41(9,10)29(3,4)5)27(20-11-13-21(30)14-12-20)32-28(31-26)33(6)40(8,36)37/h11-16,19,23H,17-18H2,1-10H3. The number of rotatable bonds is 12. The van der Waals surface area contributed by atoms with E-state index in [1.54, 1.807) is 6.08 Å². The van der Waals surface area contributed by atoms with Gasteiger partial charge in [-0.25, -0.2) is 27.1 Å². The predicted molar refractivity (Wildman–Crippen MR) is 162 cm³/mol. The molecule has 1 heterocycles. The van der Waals surface area contributed by atoms with E-state index in [0.29, 0.717) is 22.5 Å². The van der Waals surface area contributed by atoms with Gasteiger partial charge in [-0.3, -0.25) is 9.59 Å². The van der Waals surface area contributed by atoms with Crippen LogP contribution in [0.4, 0.5) is 10.3 Å². The molecule has 1 unspecified atom stereocenters. The molecule has 1 aromatic heterocycles. The van der Waals surface area contributed by atoms with Crippen molar-refractivity contribution < 1.29 is 31.6 Å². The van der Waals surface area contributed by atoms with Crippen molar-refractivity contribution >= 4 is 42.1 Å². The van der Waals surface area contributed by atoms with Crippen molar-refractivity contribution in [3.8, 4) is 11.3 Å². The fourth-order valence-corrected chi connectivity index (χ4v) is 5.41. The van der Waals surface area contributed by atoms with Crippen molar-refractivity contribution in [2.24, 2.45) is 0 Å². The molecule has 0 aliphatic carbocycles. The quantitative estimate of drug-likeness (QED) is 0.171. The van der Waals surface area contributed by atoms with E-state index in [1.165, 1.54) is 44.5 Å². The lowest BCUT2D eigenvalue weighted by molar-refractivity contribution is -0.142. The molecule has 1 aromatic carbocycles. The molecule has 0 amide bonds. The van der Waals surface area contributed by atoms with Gasteiger partial charge < -0.3 is 9.16 Å². The van der Waals surface area contributed by atoms with E-state index in [1.807, 2.05) is 26.9 Å². The Bertz CT molecular complexity index is 1390. The molecule has 2 rings (SSSR count). The first kappa shape index (κ1) is 34.2. The van der Waals surface area contributed by atoms with Crippen LogP contribution < -0.4 is 4.31 Å². The van der Waals surface area contributed by atoms with Gasteiger partial charge in [-0.2, -0.15) is 0 Å². The number of hydrogen-bond acceptors (Lipinski definition) is 8. The molecule has 0 saturated heterocycles. The maximum atomic E-state index is 13.7. The molecular formula is C29H42FN3O6SSi. The molecule has 2 aromatic rings. The summed E-state index contributed by atoms with van der Waals surface area (Å²) in [6, 6.07) is 5.62. The Hall–Kier alpha value is -2.96. The molecule has 0 radical (unpaired) electrons. The Labute approximate surface area is 244 Å². The molecule has 0 spiro atoms. The van der Waals surface area contributed by atoms with Gasteiger partial charge in [0, 0.05) is 24.6 Å². The molecule has 41 heavy (non-hydrogen) atoms. The second kappa shape index (κ2) is 13.3. The second-order valence-electron chi connectivity index (χ2n) is 11.8. The van der Waals surface area contributed by atoms with Gasteiger partial charge in [0.25, 0.3) is 0 Å². The molecule has 0 bridgehead atoms. The minimum atomic E-state index is -3.67. The number of nitrogens with zero attached hydrogens (tertiary/aromatic N) is 3. The molecule has 1 atom stereocenters. The van der Waals surface area contributed by atoms with Crippen LogP contribution in [0.2, 0.25) is 18.1 Å². The van der Waals surface area contributed by atoms with Crippen LogP contribution in [-0.4, -0.2) is 65.0 Å². The number of ether oxygens (including phenoxy) is 1. The molecule has 9 nitrogen and oxygen atoms in total. The van der Waals surface area contributed by atoms with Crippen molar-refractivity contribution in [3.05, 3.63) is 47.4 Å². The third kappa shape index (κ3) is 9.27. The molecular weight excluding hydrogens is 565 g/mol. The molecule has 226 valence electrons. The van der Waals surface area contributed by atoms with Crippen molar-refractivity contribution in [1.82, 2.24) is 9.97 Å². The molecule has 0 saturated carbocycles. The molecule has 0 aliphatic rings. The zero-order chi connectivity index (χ0) is 31.3.